The average molecular weight is 371 g/mol. The summed E-state index contributed by atoms with van der Waals surface area (Å²) in [5.74, 6) is 1.95. The van der Waals surface area contributed by atoms with Crippen LogP contribution in [-0.4, -0.2) is 26.2 Å². The molecule has 0 aliphatic carbocycles. The highest BCUT2D eigenvalue weighted by Gasteiger charge is 2.22. The lowest BCUT2D eigenvalue weighted by Crippen LogP contribution is -2.39. The second kappa shape index (κ2) is 9.86. The fraction of sp³-hybridized carbons (Fsp3) is 0.409. The van der Waals surface area contributed by atoms with Crippen LogP contribution in [0.3, 0.4) is 0 Å². The third-order valence-corrected chi connectivity index (χ3v) is 4.54. The lowest BCUT2D eigenvalue weighted by molar-refractivity contribution is -0.128. The van der Waals surface area contributed by atoms with Gasteiger partial charge in [0.1, 0.15) is 17.2 Å². The second-order valence-electron chi connectivity index (χ2n) is 6.35. The molecule has 0 saturated heterocycles. The van der Waals surface area contributed by atoms with Crippen LogP contribution in [-0.2, 0) is 11.2 Å². The number of carbonyl (C=O) groups is 1. The standard InChI is InChI=1S/C22H29NO4/c1-6-16-8-10-17(11-9-16)27-20(7-2)22(24)23-15(3)19-14-18(25-4)12-13-21(19)26-5/h8-15,20H,6-7H2,1-5H3,(H,23,24)/t15-,20+/m0/s1. The van der Waals surface area contributed by atoms with E-state index in [0.29, 0.717) is 23.7 Å². The first-order chi connectivity index (χ1) is 13.0. The average Bonchev–Trinajstić information content (AvgIpc) is 2.71. The van der Waals surface area contributed by atoms with Crippen LogP contribution in [0, 0.1) is 0 Å². The molecule has 2 atom stereocenters. The van der Waals surface area contributed by atoms with E-state index < -0.39 is 6.10 Å². The molecular weight excluding hydrogens is 342 g/mol. The maximum absolute atomic E-state index is 12.7. The fourth-order valence-corrected chi connectivity index (χ4v) is 2.85. The summed E-state index contributed by atoms with van der Waals surface area (Å²) in [5.41, 5.74) is 2.09. The Morgan fingerprint density at radius 1 is 1.00 bits per heavy atom. The summed E-state index contributed by atoms with van der Waals surface area (Å²) in [6.07, 6.45) is 0.984. The molecule has 2 aromatic carbocycles. The zero-order chi connectivity index (χ0) is 19.8. The van der Waals surface area contributed by atoms with Crippen molar-refractivity contribution in [1.82, 2.24) is 5.32 Å². The number of amides is 1. The van der Waals surface area contributed by atoms with Gasteiger partial charge in [-0.3, -0.25) is 4.79 Å². The molecule has 5 nitrogen and oxygen atoms in total. The highest BCUT2D eigenvalue weighted by Crippen LogP contribution is 2.29. The maximum atomic E-state index is 12.7. The zero-order valence-electron chi connectivity index (χ0n) is 16.7. The van der Waals surface area contributed by atoms with Crippen molar-refractivity contribution >= 4 is 5.91 Å². The number of benzene rings is 2. The summed E-state index contributed by atoms with van der Waals surface area (Å²) in [5, 5.41) is 3.02. The van der Waals surface area contributed by atoms with Crippen molar-refractivity contribution in [3.8, 4) is 17.2 Å². The third-order valence-electron chi connectivity index (χ3n) is 4.54. The smallest absolute Gasteiger partial charge is 0.261 e. The number of aryl methyl sites for hydroxylation is 1. The van der Waals surface area contributed by atoms with E-state index in [1.165, 1.54) is 5.56 Å². The minimum absolute atomic E-state index is 0.158. The molecule has 1 N–H and O–H groups in total. The first-order valence-electron chi connectivity index (χ1n) is 9.30. The number of methoxy groups -OCH3 is 2. The summed E-state index contributed by atoms with van der Waals surface area (Å²) < 4.78 is 16.6. The van der Waals surface area contributed by atoms with Crippen molar-refractivity contribution in [1.29, 1.82) is 0 Å². The van der Waals surface area contributed by atoms with Gasteiger partial charge in [-0.05, 0) is 55.7 Å². The van der Waals surface area contributed by atoms with Crippen LogP contribution in [0.25, 0.3) is 0 Å². The Labute approximate surface area is 161 Å². The molecule has 0 unspecified atom stereocenters. The van der Waals surface area contributed by atoms with Crippen molar-refractivity contribution in [3.05, 3.63) is 53.6 Å². The van der Waals surface area contributed by atoms with Gasteiger partial charge in [-0.25, -0.2) is 0 Å². The van der Waals surface area contributed by atoms with E-state index in [9.17, 15) is 4.79 Å². The Balaban J connectivity index is 2.08. The summed E-state index contributed by atoms with van der Waals surface area (Å²) in [4.78, 5) is 12.7. The molecule has 146 valence electrons. The van der Waals surface area contributed by atoms with Crippen LogP contribution in [0.1, 0.15) is 44.4 Å². The molecule has 2 aromatic rings. The van der Waals surface area contributed by atoms with Gasteiger partial charge in [0.25, 0.3) is 5.91 Å². The van der Waals surface area contributed by atoms with Gasteiger partial charge < -0.3 is 19.5 Å². The topological polar surface area (TPSA) is 56.8 Å². The molecule has 0 aliphatic heterocycles. The van der Waals surface area contributed by atoms with Crippen molar-refractivity contribution in [2.45, 2.75) is 45.8 Å². The predicted molar refractivity (Wildman–Crippen MR) is 107 cm³/mol. The van der Waals surface area contributed by atoms with E-state index in [4.69, 9.17) is 14.2 Å². The van der Waals surface area contributed by atoms with Gasteiger partial charge in [0.05, 0.1) is 20.3 Å². The Morgan fingerprint density at radius 2 is 1.67 bits per heavy atom. The van der Waals surface area contributed by atoms with Gasteiger partial charge in [-0.2, -0.15) is 0 Å². The molecule has 0 aliphatic rings. The number of carbonyl (C=O) groups excluding carboxylic acids is 1. The van der Waals surface area contributed by atoms with E-state index in [1.807, 2.05) is 56.3 Å². The molecular formula is C22H29NO4. The Bertz CT molecular complexity index is 742. The third kappa shape index (κ3) is 5.39. The van der Waals surface area contributed by atoms with E-state index >= 15 is 0 Å². The first-order valence-corrected chi connectivity index (χ1v) is 9.30. The number of rotatable bonds is 9. The summed E-state index contributed by atoms with van der Waals surface area (Å²) in [7, 11) is 3.22. The van der Waals surface area contributed by atoms with Gasteiger partial charge in [0.15, 0.2) is 6.10 Å². The molecule has 0 heterocycles. The molecule has 27 heavy (non-hydrogen) atoms. The van der Waals surface area contributed by atoms with Crippen LogP contribution < -0.4 is 19.5 Å². The Morgan fingerprint density at radius 3 is 2.22 bits per heavy atom. The highest BCUT2D eigenvalue weighted by molar-refractivity contribution is 5.81. The Kier molecular flexibility index (Phi) is 7.53. The lowest BCUT2D eigenvalue weighted by atomic mass is 10.1. The van der Waals surface area contributed by atoms with Gasteiger partial charge in [-0.15, -0.1) is 0 Å². The molecule has 0 radical (unpaired) electrons. The van der Waals surface area contributed by atoms with Gasteiger partial charge in [0.2, 0.25) is 0 Å². The van der Waals surface area contributed by atoms with E-state index in [-0.39, 0.29) is 11.9 Å². The molecule has 0 fully saturated rings. The number of nitrogens with one attached hydrogen (secondary N) is 1. The minimum atomic E-state index is -0.559. The fourth-order valence-electron chi connectivity index (χ4n) is 2.85. The number of ether oxygens (including phenoxy) is 3. The molecule has 0 saturated carbocycles. The van der Waals surface area contributed by atoms with Gasteiger partial charge in [0, 0.05) is 5.56 Å². The SMILES string of the molecule is CCc1ccc(O[C@H](CC)C(=O)N[C@@H](C)c2cc(OC)ccc2OC)cc1. The van der Waals surface area contributed by atoms with E-state index in [2.05, 4.69) is 12.2 Å². The van der Waals surface area contributed by atoms with Crippen molar-refractivity contribution in [2.24, 2.45) is 0 Å². The van der Waals surface area contributed by atoms with Crippen molar-refractivity contribution in [2.75, 3.05) is 14.2 Å². The van der Waals surface area contributed by atoms with Crippen LogP contribution in [0.5, 0.6) is 17.2 Å². The number of hydrogen-bond acceptors (Lipinski definition) is 4. The monoisotopic (exact) mass is 371 g/mol. The molecule has 0 spiro atoms. The quantitative estimate of drug-likeness (QED) is 0.714. The largest absolute Gasteiger partial charge is 0.497 e. The lowest BCUT2D eigenvalue weighted by Gasteiger charge is -2.22. The van der Waals surface area contributed by atoms with Crippen molar-refractivity contribution in [3.63, 3.8) is 0 Å². The van der Waals surface area contributed by atoms with Gasteiger partial charge in [-0.1, -0.05) is 26.0 Å². The summed E-state index contributed by atoms with van der Waals surface area (Å²) in [6, 6.07) is 13.1. The summed E-state index contributed by atoms with van der Waals surface area (Å²) in [6.45, 7) is 5.95. The van der Waals surface area contributed by atoms with E-state index in [0.717, 1.165) is 12.0 Å². The zero-order valence-corrected chi connectivity index (χ0v) is 16.7. The predicted octanol–water partition coefficient (Wildman–Crippen LogP) is 4.30. The van der Waals surface area contributed by atoms with Crippen LogP contribution in [0.2, 0.25) is 0 Å². The Hall–Kier alpha value is -2.69. The van der Waals surface area contributed by atoms with Crippen molar-refractivity contribution < 1.29 is 19.0 Å². The van der Waals surface area contributed by atoms with E-state index in [1.54, 1.807) is 14.2 Å². The maximum Gasteiger partial charge on any atom is 0.261 e. The molecule has 0 aromatic heterocycles. The molecule has 2 rings (SSSR count). The van der Waals surface area contributed by atoms with Gasteiger partial charge >= 0.3 is 0 Å². The first kappa shape index (κ1) is 20.6. The normalized spacial score (nSPS) is 12.8. The van der Waals surface area contributed by atoms with Crippen LogP contribution in [0.4, 0.5) is 0 Å². The summed E-state index contributed by atoms with van der Waals surface area (Å²) >= 11 is 0. The second-order valence-corrected chi connectivity index (χ2v) is 6.35. The number of hydrogen-bond donors (Lipinski definition) is 1. The highest BCUT2D eigenvalue weighted by atomic mass is 16.5. The molecule has 5 heteroatoms. The van der Waals surface area contributed by atoms with Crippen LogP contribution >= 0.6 is 0 Å². The molecule has 0 bridgehead atoms. The van der Waals surface area contributed by atoms with Crippen LogP contribution in [0.15, 0.2) is 42.5 Å². The molecule has 1 amide bonds. The minimum Gasteiger partial charge on any atom is -0.497 e.